The van der Waals surface area contributed by atoms with Crippen molar-refractivity contribution in [3.63, 3.8) is 0 Å². The molecule has 0 bridgehead atoms. The van der Waals surface area contributed by atoms with Gasteiger partial charge < -0.3 is 9.52 Å². The predicted molar refractivity (Wildman–Crippen MR) is 92.8 cm³/mol. The number of aromatic hydroxyl groups is 1. The zero-order chi connectivity index (χ0) is 16.9. The summed E-state index contributed by atoms with van der Waals surface area (Å²) in [5.41, 5.74) is 0.969. The van der Waals surface area contributed by atoms with Gasteiger partial charge in [0.2, 0.25) is 5.43 Å². The summed E-state index contributed by atoms with van der Waals surface area (Å²) in [4.78, 5) is 16.1. The molecule has 2 heterocycles. The maximum atomic E-state index is 11.4. The van der Waals surface area contributed by atoms with Crippen molar-refractivity contribution in [3.8, 4) is 5.75 Å². The molecular formula is C19H24N2O3. The molecule has 5 nitrogen and oxygen atoms in total. The van der Waals surface area contributed by atoms with Crippen molar-refractivity contribution in [3.05, 3.63) is 64.2 Å². The first-order chi connectivity index (χ1) is 11.6. The third-order valence-electron chi connectivity index (χ3n) is 4.48. The van der Waals surface area contributed by atoms with Crippen LogP contribution in [0.5, 0.6) is 5.75 Å². The lowest BCUT2D eigenvalue weighted by Crippen LogP contribution is -2.28. The van der Waals surface area contributed by atoms with Crippen molar-refractivity contribution in [2.75, 3.05) is 26.7 Å². The summed E-state index contributed by atoms with van der Waals surface area (Å²) in [7, 11) is 2.03. The quantitative estimate of drug-likeness (QED) is 0.882. The lowest BCUT2D eigenvalue weighted by atomic mass is 10.1. The minimum absolute atomic E-state index is 0.339. The molecule has 1 atom stereocenters. The smallest absolute Gasteiger partial charge is 0.226 e. The van der Waals surface area contributed by atoms with Crippen LogP contribution in [-0.4, -0.2) is 41.6 Å². The Labute approximate surface area is 142 Å². The Morgan fingerprint density at radius 2 is 2.12 bits per heavy atom. The molecule has 3 rings (SSSR count). The van der Waals surface area contributed by atoms with Crippen LogP contribution >= 0.6 is 0 Å². The summed E-state index contributed by atoms with van der Waals surface area (Å²) in [6, 6.07) is 11.9. The monoisotopic (exact) mass is 328 g/mol. The molecule has 0 unspecified atom stereocenters. The van der Waals surface area contributed by atoms with Crippen molar-refractivity contribution in [2.45, 2.75) is 19.5 Å². The molecule has 1 aromatic carbocycles. The van der Waals surface area contributed by atoms with Gasteiger partial charge in [0.25, 0.3) is 0 Å². The SMILES string of the molecule is CN(Cc1cc(=O)c(O)co1)C[C@@H]1CCN(Cc2ccccc2)C1. The largest absolute Gasteiger partial charge is 0.502 e. The average molecular weight is 328 g/mol. The van der Waals surface area contributed by atoms with Crippen LogP contribution in [0.15, 0.2) is 51.9 Å². The van der Waals surface area contributed by atoms with Gasteiger partial charge in [0.1, 0.15) is 12.0 Å². The van der Waals surface area contributed by atoms with Crippen molar-refractivity contribution in [1.29, 1.82) is 0 Å². The Hall–Kier alpha value is -2.11. The second-order valence-electron chi connectivity index (χ2n) is 6.67. The Kier molecular flexibility index (Phi) is 5.33. The maximum Gasteiger partial charge on any atom is 0.226 e. The number of rotatable bonds is 6. The fourth-order valence-corrected chi connectivity index (χ4v) is 3.35. The fourth-order valence-electron chi connectivity index (χ4n) is 3.35. The highest BCUT2D eigenvalue weighted by molar-refractivity contribution is 5.16. The van der Waals surface area contributed by atoms with Gasteiger partial charge in [-0.2, -0.15) is 0 Å². The molecule has 0 aliphatic carbocycles. The van der Waals surface area contributed by atoms with Gasteiger partial charge >= 0.3 is 0 Å². The molecule has 1 aliphatic rings. The van der Waals surface area contributed by atoms with Gasteiger partial charge in [0.05, 0.1) is 6.54 Å². The van der Waals surface area contributed by atoms with Crippen LogP contribution in [-0.2, 0) is 13.1 Å². The van der Waals surface area contributed by atoms with E-state index in [0.29, 0.717) is 18.2 Å². The molecule has 1 N–H and O–H groups in total. The summed E-state index contributed by atoms with van der Waals surface area (Å²) < 4.78 is 5.27. The van der Waals surface area contributed by atoms with E-state index in [1.165, 1.54) is 18.1 Å². The topological polar surface area (TPSA) is 56.9 Å². The van der Waals surface area contributed by atoms with E-state index in [9.17, 15) is 9.90 Å². The second-order valence-corrected chi connectivity index (χ2v) is 6.67. The lowest BCUT2D eigenvalue weighted by Gasteiger charge is -2.21. The molecule has 0 amide bonds. The van der Waals surface area contributed by atoms with Crippen molar-refractivity contribution < 1.29 is 9.52 Å². The van der Waals surface area contributed by atoms with Crippen LogP contribution in [0.25, 0.3) is 0 Å². The minimum atomic E-state index is -0.389. The Balaban J connectivity index is 1.48. The third-order valence-corrected chi connectivity index (χ3v) is 4.48. The molecule has 1 saturated heterocycles. The molecule has 0 saturated carbocycles. The molecule has 5 heteroatoms. The summed E-state index contributed by atoms with van der Waals surface area (Å²) in [6.07, 6.45) is 2.30. The van der Waals surface area contributed by atoms with E-state index in [0.717, 1.165) is 32.4 Å². The van der Waals surface area contributed by atoms with Crippen LogP contribution < -0.4 is 5.43 Å². The number of nitrogens with zero attached hydrogens (tertiary/aromatic N) is 2. The first kappa shape index (κ1) is 16.7. The molecule has 2 aromatic rings. The van der Waals surface area contributed by atoms with Gasteiger partial charge in [-0.1, -0.05) is 30.3 Å². The van der Waals surface area contributed by atoms with E-state index in [-0.39, 0.29) is 11.2 Å². The summed E-state index contributed by atoms with van der Waals surface area (Å²) in [5.74, 6) is 0.871. The number of hydrogen-bond acceptors (Lipinski definition) is 5. The van der Waals surface area contributed by atoms with Gasteiger partial charge in [-0.15, -0.1) is 0 Å². The summed E-state index contributed by atoms with van der Waals surface area (Å²) in [6.45, 7) is 4.77. The molecule has 24 heavy (non-hydrogen) atoms. The zero-order valence-electron chi connectivity index (χ0n) is 14.0. The second kappa shape index (κ2) is 7.64. The van der Waals surface area contributed by atoms with E-state index >= 15 is 0 Å². The van der Waals surface area contributed by atoms with Gasteiger partial charge in [-0.25, -0.2) is 0 Å². The van der Waals surface area contributed by atoms with E-state index in [2.05, 4.69) is 34.1 Å². The number of likely N-dealkylation sites (tertiary alicyclic amines) is 1. The Morgan fingerprint density at radius 3 is 2.88 bits per heavy atom. The lowest BCUT2D eigenvalue weighted by molar-refractivity contribution is 0.237. The molecular weight excluding hydrogens is 304 g/mol. The number of hydrogen-bond donors (Lipinski definition) is 1. The van der Waals surface area contributed by atoms with Crippen molar-refractivity contribution in [1.82, 2.24) is 9.80 Å². The molecule has 0 radical (unpaired) electrons. The standard InChI is InChI=1S/C19H24N2O3/c1-20(13-17-9-18(22)19(23)14-24-17)10-16-7-8-21(12-16)11-15-5-3-2-4-6-15/h2-6,9,14,16,23H,7-8,10-13H2,1H3/t16-/m0/s1. The van der Waals surface area contributed by atoms with Crippen LogP contribution in [0.1, 0.15) is 17.7 Å². The summed E-state index contributed by atoms with van der Waals surface area (Å²) >= 11 is 0. The van der Waals surface area contributed by atoms with Gasteiger partial charge in [-0.3, -0.25) is 14.6 Å². The Bertz CT molecular complexity index is 714. The van der Waals surface area contributed by atoms with Gasteiger partial charge in [0, 0.05) is 25.7 Å². The predicted octanol–water partition coefficient (Wildman–Crippen LogP) is 2.30. The highest BCUT2D eigenvalue weighted by Gasteiger charge is 2.23. The summed E-state index contributed by atoms with van der Waals surface area (Å²) in [5, 5.41) is 9.23. The average Bonchev–Trinajstić information content (AvgIpc) is 2.99. The molecule has 1 aromatic heterocycles. The first-order valence-corrected chi connectivity index (χ1v) is 8.35. The van der Waals surface area contributed by atoms with Gasteiger partial charge in [-0.05, 0) is 31.5 Å². The maximum absolute atomic E-state index is 11.4. The normalized spacial score (nSPS) is 18.3. The zero-order valence-corrected chi connectivity index (χ0v) is 14.0. The van der Waals surface area contributed by atoms with Crippen molar-refractivity contribution in [2.24, 2.45) is 5.92 Å². The van der Waals surface area contributed by atoms with Gasteiger partial charge in [0.15, 0.2) is 5.75 Å². The van der Waals surface area contributed by atoms with Crippen LogP contribution in [0.3, 0.4) is 0 Å². The fraction of sp³-hybridized carbons (Fsp3) is 0.421. The van der Waals surface area contributed by atoms with Crippen LogP contribution in [0.4, 0.5) is 0 Å². The van der Waals surface area contributed by atoms with Crippen LogP contribution in [0, 0.1) is 5.92 Å². The van der Waals surface area contributed by atoms with Crippen molar-refractivity contribution >= 4 is 0 Å². The van der Waals surface area contributed by atoms with Crippen LogP contribution in [0.2, 0.25) is 0 Å². The molecule has 128 valence electrons. The van der Waals surface area contributed by atoms with E-state index in [1.807, 2.05) is 13.1 Å². The first-order valence-electron chi connectivity index (χ1n) is 8.35. The van der Waals surface area contributed by atoms with E-state index < -0.39 is 0 Å². The third kappa shape index (κ3) is 4.46. The molecule has 1 aliphatic heterocycles. The molecule has 1 fully saturated rings. The minimum Gasteiger partial charge on any atom is -0.502 e. The van der Waals surface area contributed by atoms with E-state index in [1.54, 1.807) is 0 Å². The molecule has 0 spiro atoms. The Morgan fingerprint density at radius 1 is 1.33 bits per heavy atom. The number of benzene rings is 1. The van der Waals surface area contributed by atoms with E-state index in [4.69, 9.17) is 4.42 Å². The highest BCUT2D eigenvalue weighted by Crippen LogP contribution is 2.20. The highest BCUT2D eigenvalue weighted by atomic mass is 16.4.